The minimum atomic E-state index is -0.407. The topological polar surface area (TPSA) is 40.6 Å². The molecule has 0 spiro atoms. The lowest BCUT2D eigenvalue weighted by molar-refractivity contribution is -0.143. The molecule has 2 fully saturated rings. The summed E-state index contributed by atoms with van der Waals surface area (Å²) in [6.07, 6.45) is 4.19. The molecule has 1 aliphatic heterocycles. The molecular formula is C23H26N2O2. The Morgan fingerprint density at radius 1 is 0.926 bits per heavy atom. The Morgan fingerprint density at radius 2 is 1.59 bits per heavy atom. The van der Waals surface area contributed by atoms with Crippen molar-refractivity contribution in [1.82, 2.24) is 4.90 Å². The molecule has 4 nitrogen and oxygen atoms in total. The van der Waals surface area contributed by atoms with Crippen LogP contribution in [0, 0.1) is 5.92 Å². The third kappa shape index (κ3) is 3.36. The Kier molecular flexibility index (Phi) is 4.97. The number of nitrogens with zero attached hydrogens (tertiary/aromatic N) is 2. The van der Waals surface area contributed by atoms with E-state index in [1.165, 1.54) is 0 Å². The average molecular weight is 362 g/mol. The fourth-order valence-electron chi connectivity index (χ4n) is 4.39. The maximum absolute atomic E-state index is 13.2. The SMILES string of the molecule is C[C@H]1C(=O)N(c2ccccc2-c2ccccc2)CCN1C(=O)C1CCCC1. The van der Waals surface area contributed by atoms with E-state index in [4.69, 9.17) is 0 Å². The van der Waals surface area contributed by atoms with Gasteiger partial charge in [-0.15, -0.1) is 0 Å². The summed E-state index contributed by atoms with van der Waals surface area (Å²) in [5.41, 5.74) is 3.07. The highest BCUT2D eigenvalue weighted by Gasteiger charge is 2.38. The normalized spacial score (nSPS) is 20.9. The first kappa shape index (κ1) is 17.8. The maximum atomic E-state index is 13.2. The van der Waals surface area contributed by atoms with Gasteiger partial charge in [0.2, 0.25) is 11.8 Å². The van der Waals surface area contributed by atoms with E-state index in [0.717, 1.165) is 42.5 Å². The highest BCUT2D eigenvalue weighted by atomic mass is 16.2. The minimum absolute atomic E-state index is 0.0102. The van der Waals surface area contributed by atoms with Crippen LogP contribution in [0.4, 0.5) is 5.69 Å². The molecule has 140 valence electrons. The second kappa shape index (κ2) is 7.55. The van der Waals surface area contributed by atoms with Crippen LogP contribution in [-0.2, 0) is 9.59 Å². The molecule has 0 radical (unpaired) electrons. The van der Waals surface area contributed by atoms with Gasteiger partial charge in [-0.25, -0.2) is 0 Å². The molecule has 4 heteroatoms. The van der Waals surface area contributed by atoms with Gasteiger partial charge in [0.25, 0.3) is 0 Å². The van der Waals surface area contributed by atoms with Gasteiger partial charge in [0.1, 0.15) is 6.04 Å². The molecule has 1 heterocycles. The molecule has 2 aliphatic rings. The van der Waals surface area contributed by atoms with E-state index in [2.05, 4.69) is 18.2 Å². The van der Waals surface area contributed by atoms with Gasteiger partial charge >= 0.3 is 0 Å². The van der Waals surface area contributed by atoms with Crippen LogP contribution >= 0.6 is 0 Å². The van der Waals surface area contributed by atoms with Crippen LogP contribution in [0.1, 0.15) is 32.6 Å². The molecular weight excluding hydrogens is 336 g/mol. The first-order chi connectivity index (χ1) is 13.2. The average Bonchev–Trinajstić information content (AvgIpc) is 3.25. The maximum Gasteiger partial charge on any atom is 0.249 e. The zero-order valence-corrected chi connectivity index (χ0v) is 15.8. The fraction of sp³-hybridized carbons (Fsp3) is 0.391. The Morgan fingerprint density at radius 3 is 2.33 bits per heavy atom. The van der Waals surface area contributed by atoms with Gasteiger partial charge < -0.3 is 9.80 Å². The second-order valence-corrected chi connectivity index (χ2v) is 7.56. The number of piperazine rings is 1. The Labute approximate surface area is 160 Å². The molecule has 4 rings (SSSR count). The number of carbonyl (C=O) groups is 2. The van der Waals surface area contributed by atoms with Crippen molar-refractivity contribution >= 4 is 17.5 Å². The van der Waals surface area contributed by atoms with Crippen molar-refractivity contribution in [3.8, 4) is 11.1 Å². The fourth-order valence-corrected chi connectivity index (χ4v) is 4.39. The van der Waals surface area contributed by atoms with Gasteiger partial charge in [-0.2, -0.15) is 0 Å². The van der Waals surface area contributed by atoms with E-state index in [9.17, 15) is 9.59 Å². The summed E-state index contributed by atoms with van der Waals surface area (Å²) in [4.78, 5) is 29.7. The zero-order chi connectivity index (χ0) is 18.8. The van der Waals surface area contributed by atoms with Crippen LogP contribution in [0.3, 0.4) is 0 Å². The lowest BCUT2D eigenvalue weighted by Crippen LogP contribution is -2.58. The number of carbonyl (C=O) groups excluding carboxylic acids is 2. The quantitative estimate of drug-likeness (QED) is 0.824. The highest BCUT2D eigenvalue weighted by molar-refractivity contribution is 6.03. The summed E-state index contributed by atoms with van der Waals surface area (Å²) in [7, 11) is 0. The molecule has 1 aliphatic carbocycles. The zero-order valence-electron chi connectivity index (χ0n) is 15.8. The van der Waals surface area contributed by atoms with E-state index < -0.39 is 6.04 Å². The number of benzene rings is 2. The number of rotatable bonds is 3. The van der Waals surface area contributed by atoms with Crippen LogP contribution in [0.25, 0.3) is 11.1 Å². The third-order valence-electron chi connectivity index (χ3n) is 5.92. The number of hydrogen-bond acceptors (Lipinski definition) is 2. The van der Waals surface area contributed by atoms with Crippen molar-refractivity contribution in [3.63, 3.8) is 0 Å². The molecule has 1 atom stereocenters. The molecule has 2 aromatic rings. The number of anilines is 1. The van der Waals surface area contributed by atoms with E-state index in [1.54, 1.807) is 4.90 Å². The van der Waals surface area contributed by atoms with Crippen LogP contribution < -0.4 is 4.90 Å². The predicted octanol–water partition coefficient (Wildman–Crippen LogP) is 4.11. The van der Waals surface area contributed by atoms with E-state index in [-0.39, 0.29) is 17.7 Å². The molecule has 27 heavy (non-hydrogen) atoms. The summed E-state index contributed by atoms with van der Waals surface area (Å²) in [5.74, 6) is 0.295. The van der Waals surface area contributed by atoms with E-state index in [0.29, 0.717) is 13.1 Å². The molecule has 1 saturated carbocycles. The van der Waals surface area contributed by atoms with Crippen molar-refractivity contribution < 1.29 is 9.59 Å². The minimum Gasteiger partial charge on any atom is -0.329 e. The lowest BCUT2D eigenvalue weighted by Gasteiger charge is -2.40. The summed E-state index contributed by atoms with van der Waals surface area (Å²) in [5, 5.41) is 0. The van der Waals surface area contributed by atoms with Crippen molar-refractivity contribution in [3.05, 3.63) is 54.6 Å². The number of amides is 2. The molecule has 2 aromatic carbocycles. The number of hydrogen-bond donors (Lipinski definition) is 0. The van der Waals surface area contributed by atoms with Crippen LogP contribution in [-0.4, -0.2) is 35.8 Å². The predicted molar refractivity (Wildman–Crippen MR) is 107 cm³/mol. The van der Waals surface area contributed by atoms with Crippen LogP contribution in [0.15, 0.2) is 54.6 Å². The van der Waals surface area contributed by atoms with Gasteiger partial charge in [-0.3, -0.25) is 9.59 Å². The van der Waals surface area contributed by atoms with Gasteiger partial charge in [-0.1, -0.05) is 61.4 Å². The third-order valence-corrected chi connectivity index (χ3v) is 5.92. The van der Waals surface area contributed by atoms with Crippen molar-refractivity contribution in [2.75, 3.05) is 18.0 Å². The number of para-hydroxylation sites is 1. The summed E-state index contributed by atoms with van der Waals surface area (Å²) in [6.45, 7) is 3.02. The Balaban J connectivity index is 1.59. The molecule has 0 aromatic heterocycles. The van der Waals surface area contributed by atoms with Crippen LogP contribution in [0.2, 0.25) is 0 Å². The molecule has 0 unspecified atom stereocenters. The summed E-state index contributed by atoms with van der Waals surface area (Å²) < 4.78 is 0. The molecule has 0 bridgehead atoms. The smallest absolute Gasteiger partial charge is 0.249 e. The summed E-state index contributed by atoms with van der Waals surface area (Å²) >= 11 is 0. The van der Waals surface area contributed by atoms with Gasteiger partial charge in [-0.05, 0) is 31.4 Å². The van der Waals surface area contributed by atoms with Crippen LogP contribution in [0.5, 0.6) is 0 Å². The standard InChI is InChI=1S/C23H26N2O2/c1-17-22(26)25(16-15-24(17)23(27)19-11-5-6-12-19)21-14-8-7-13-20(21)18-9-3-2-4-10-18/h2-4,7-10,13-14,17,19H,5-6,11-12,15-16H2,1H3/t17-/m0/s1. The largest absolute Gasteiger partial charge is 0.329 e. The lowest BCUT2D eigenvalue weighted by atomic mass is 10.0. The molecule has 1 saturated heterocycles. The second-order valence-electron chi connectivity index (χ2n) is 7.56. The molecule has 0 N–H and O–H groups in total. The first-order valence-corrected chi connectivity index (χ1v) is 9.93. The Bertz CT molecular complexity index is 827. The van der Waals surface area contributed by atoms with E-state index >= 15 is 0 Å². The Hall–Kier alpha value is -2.62. The monoisotopic (exact) mass is 362 g/mol. The van der Waals surface area contributed by atoms with E-state index in [1.807, 2.05) is 48.2 Å². The van der Waals surface area contributed by atoms with Crippen molar-refractivity contribution in [2.45, 2.75) is 38.6 Å². The van der Waals surface area contributed by atoms with Gasteiger partial charge in [0.15, 0.2) is 0 Å². The first-order valence-electron chi connectivity index (χ1n) is 9.93. The highest BCUT2D eigenvalue weighted by Crippen LogP contribution is 2.33. The van der Waals surface area contributed by atoms with Gasteiger partial charge in [0, 0.05) is 24.6 Å². The van der Waals surface area contributed by atoms with Crippen molar-refractivity contribution in [1.29, 1.82) is 0 Å². The van der Waals surface area contributed by atoms with Gasteiger partial charge in [0.05, 0.1) is 5.69 Å². The summed E-state index contributed by atoms with van der Waals surface area (Å²) in [6, 6.07) is 17.8. The van der Waals surface area contributed by atoms with Crippen molar-refractivity contribution in [2.24, 2.45) is 5.92 Å². The molecule has 2 amide bonds.